The molecule has 9 heteroatoms. The van der Waals surface area contributed by atoms with Crippen molar-refractivity contribution < 1.29 is 14.3 Å². The molecule has 2 amide bonds. The number of nitrogens with zero attached hydrogens (tertiary/aromatic N) is 3. The molecule has 5 rings (SSSR count). The van der Waals surface area contributed by atoms with Gasteiger partial charge in [0, 0.05) is 23.6 Å². The van der Waals surface area contributed by atoms with Crippen molar-refractivity contribution in [3.8, 4) is 5.75 Å². The molecule has 0 saturated heterocycles. The van der Waals surface area contributed by atoms with E-state index in [9.17, 15) is 9.59 Å². The quantitative estimate of drug-likeness (QED) is 0.401. The number of carbonyl (C=O) groups is 2. The number of aryl methyl sites for hydroxylation is 2. The molecule has 0 saturated carbocycles. The van der Waals surface area contributed by atoms with Crippen LogP contribution in [-0.2, 0) is 9.59 Å². The van der Waals surface area contributed by atoms with E-state index >= 15 is 0 Å². The Morgan fingerprint density at radius 3 is 2.42 bits per heavy atom. The van der Waals surface area contributed by atoms with Crippen molar-refractivity contribution in [2.75, 3.05) is 12.4 Å². The maximum absolute atomic E-state index is 12.9. The third kappa shape index (κ3) is 5.76. The standard InChI is InChI=1S/C29H27ClN4O3S/c1-17-12-18(2)14-22(13-17)31-27(35)16-26-28(36)32-29(38-26)34-25(20-6-10-23(37-3)11-7-20)15-24(33-34)19-4-8-21(30)9-5-19/h4-14,25-26H,15-16H2,1-3H3,(H,31,35)/t25-,26-/m0/s1. The number of nitrogens with one attached hydrogen (secondary N) is 1. The van der Waals surface area contributed by atoms with Crippen LogP contribution in [0.25, 0.3) is 0 Å². The number of thioether (sulfide) groups is 1. The molecule has 0 spiro atoms. The maximum Gasteiger partial charge on any atom is 0.262 e. The minimum Gasteiger partial charge on any atom is -0.497 e. The van der Waals surface area contributed by atoms with E-state index in [1.807, 2.05) is 80.6 Å². The fourth-order valence-electron chi connectivity index (χ4n) is 4.62. The molecule has 2 heterocycles. The van der Waals surface area contributed by atoms with E-state index in [2.05, 4.69) is 10.3 Å². The first-order valence-electron chi connectivity index (χ1n) is 12.2. The summed E-state index contributed by atoms with van der Waals surface area (Å²) in [6.45, 7) is 3.96. The van der Waals surface area contributed by atoms with Gasteiger partial charge < -0.3 is 10.1 Å². The summed E-state index contributed by atoms with van der Waals surface area (Å²) in [5.74, 6) is 0.203. The van der Waals surface area contributed by atoms with Gasteiger partial charge in [0.25, 0.3) is 5.91 Å². The number of methoxy groups -OCH3 is 1. The molecule has 2 aliphatic rings. The largest absolute Gasteiger partial charge is 0.497 e. The molecule has 3 aromatic carbocycles. The van der Waals surface area contributed by atoms with Gasteiger partial charge in [0.15, 0.2) is 5.17 Å². The minimum atomic E-state index is -0.609. The van der Waals surface area contributed by atoms with Crippen LogP contribution in [0.1, 0.15) is 41.1 Å². The molecule has 0 aliphatic carbocycles. The summed E-state index contributed by atoms with van der Waals surface area (Å²) >= 11 is 7.37. The van der Waals surface area contributed by atoms with Crippen molar-refractivity contribution in [3.05, 3.63) is 94.0 Å². The number of benzene rings is 3. The predicted molar refractivity (Wildman–Crippen MR) is 153 cm³/mol. The van der Waals surface area contributed by atoms with Crippen molar-refractivity contribution in [2.45, 2.75) is 38.0 Å². The van der Waals surface area contributed by atoms with E-state index < -0.39 is 5.25 Å². The molecule has 0 aromatic heterocycles. The van der Waals surface area contributed by atoms with Crippen molar-refractivity contribution in [3.63, 3.8) is 0 Å². The second-order valence-electron chi connectivity index (χ2n) is 9.36. The van der Waals surface area contributed by atoms with Crippen LogP contribution < -0.4 is 10.1 Å². The zero-order valence-electron chi connectivity index (χ0n) is 21.3. The monoisotopic (exact) mass is 546 g/mol. The lowest BCUT2D eigenvalue weighted by Gasteiger charge is -2.23. The molecule has 0 unspecified atom stereocenters. The molecule has 2 atom stereocenters. The summed E-state index contributed by atoms with van der Waals surface area (Å²) < 4.78 is 5.32. The van der Waals surface area contributed by atoms with Crippen LogP contribution in [0.5, 0.6) is 5.75 Å². The van der Waals surface area contributed by atoms with E-state index in [-0.39, 0.29) is 24.3 Å². The number of carbonyl (C=O) groups excluding carboxylic acids is 2. The lowest BCUT2D eigenvalue weighted by Crippen LogP contribution is -2.25. The third-order valence-corrected chi connectivity index (χ3v) is 7.78. The van der Waals surface area contributed by atoms with Gasteiger partial charge in [0.2, 0.25) is 5.91 Å². The van der Waals surface area contributed by atoms with Crippen LogP contribution in [0.2, 0.25) is 5.02 Å². The van der Waals surface area contributed by atoms with Crippen LogP contribution in [-0.4, -0.2) is 40.1 Å². The van der Waals surface area contributed by atoms with Crippen molar-refractivity contribution in [1.29, 1.82) is 0 Å². The Balaban J connectivity index is 1.35. The first-order valence-corrected chi connectivity index (χ1v) is 13.5. The van der Waals surface area contributed by atoms with Gasteiger partial charge >= 0.3 is 0 Å². The first kappa shape index (κ1) is 26.0. The first-order chi connectivity index (χ1) is 18.3. The summed E-state index contributed by atoms with van der Waals surface area (Å²) in [5, 5.41) is 10.1. The van der Waals surface area contributed by atoms with E-state index in [4.69, 9.17) is 21.4 Å². The molecule has 7 nitrogen and oxygen atoms in total. The summed E-state index contributed by atoms with van der Waals surface area (Å²) in [4.78, 5) is 30.0. The summed E-state index contributed by atoms with van der Waals surface area (Å²) in [6.07, 6.45) is 0.651. The number of ether oxygens (including phenoxy) is 1. The molecule has 0 fully saturated rings. The Hall–Kier alpha value is -3.62. The van der Waals surface area contributed by atoms with Crippen LogP contribution in [0, 0.1) is 13.8 Å². The highest BCUT2D eigenvalue weighted by Crippen LogP contribution is 2.39. The second-order valence-corrected chi connectivity index (χ2v) is 11.0. The normalized spacial score (nSPS) is 18.8. The van der Waals surface area contributed by atoms with Gasteiger partial charge in [-0.3, -0.25) is 9.59 Å². The number of hydrogen-bond acceptors (Lipinski definition) is 6. The molecule has 0 bridgehead atoms. The summed E-state index contributed by atoms with van der Waals surface area (Å²) in [7, 11) is 1.63. The number of hydrogen-bond donors (Lipinski definition) is 1. The number of amides is 2. The fourth-order valence-corrected chi connectivity index (χ4v) is 5.81. The Kier molecular flexibility index (Phi) is 7.53. The van der Waals surface area contributed by atoms with Crippen LogP contribution in [0.15, 0.2) is 76.8 Å². The highest BCUT2D eigenvalue weighted by Gasteiger charge is 2.39. The third-order valence-electron chi connectivity index (χ3n) is 6.39. The van der Waals surface area contributed by atoms with Gasteiger partial charge in [-0.15, -0.1) is 0 Å². The van der Waals surface area contributed by atoms with Crippen molar-refractivity contribution in [2.24, 2.45) is 10.1 Å². The van der Waals surface area contributed by atoms with E-state index in [0.29, 0.717) is 16.6 Å². The molecule has 38 heavy (non-hydrogen) atoms. The molecule has 1 N–H and O–H groups in total. The number of hydrazone groups is 1. The minimum absolute atomic E-state index is 0.0261. The predicted octanol–water partition coefficient (Wildman–Crippen LogP) is 6.14. The van der Waals surface area contributed by atoms with Gasteiger partial charge in [0.05, 0.1) is 18.9 Å². The lowest BCUT2D eigenvalue weighted by molar-refractivity contribution is -0.121. The molecular formula is C29H27ClN4O3S. The molecular weight excluding hydrogens is 520 g/mol. The Morgan fingerprint density at radius 1 is 1.08 bits per heavy atom. The number of amidine groups is 1. The van der Waals surface area contributed by atoms with Gasteiger partial charge in [-0.1, -0.05) is 53.7 Å². The van der Waals surface area contributed by atoms with Gasteiger partial charge in [-0.2, -0.15) is 10.1 Å². The number of aliphatic imine (C=N–C) groups is 1. The summed E-state index contributed by atoms with van der Waals surface area (Å²) in [5.41, 5.74) is 5.69. The van der Waals surface area contributed by atoms with Crippen LogP contribution >= 0.6 is 23.4 Å². The Morgan fingerprint density at radius 2 is 1.76 bits per heavy atom. The van der Waals surface area contributed by atoms with Crippen LogP contribution in [0.4, 0.5) is 5.69 Å². The SMILES string of the molecule is COc1ccc([C@@H]2CC(c3ccc(Cl)cc3)=NN2C2=NC(=O)[C@H](CC(=O)Nc3cc(C)cc(C)c3)S2)cc1. The molecule has 194 valence electrons. The number of rotatable bonds is 6. The fraction of sp³-hybridized carbons (Fsp3) is 0.241. The average Bonchev–Trinajstić information content (AvgIpc) is 3.48. The second kappa shape index (κ2) is 11.0. The van der Waals surface area contributed by atoms with E-state index in [1.54, 1.807) is 12.1 Å². The van der Waals surface area contributed by atoms with Gasteiger partial charge in [-0.05, 0) is 72.5 Å². The van der Waals surface area contributed by atoms with Gasteiger partial charge in [-0.25, -0.2) is 5.01 Å². The van der Waals surface area contributed by atoms with Gasteiger partial charge in [0.1, 0.15) is 11.0 Å². The smallest absolute Gasteiger partial charge is 0.262 e. The molecule has 2 aliphatic heterocycles. The van der Waals surface area contributed by atoms with E-state index in [1.165, 1.54) is 11.8 Å². The van der Waals surface area contributed by atoms with Crippen molar-refractivity contribution in [1.82, 2.24) is 5.01 Å². The lowest BCUT2D eigenvalue weighted by atomic mass is 9.98. The maximum atomic E-state index is 12.9. The highest BCUT2D eigenvalue weighted by molar-refractivity contribution is 8.15. The number of anilines is 1. The number of halogens is 1. The van der Waals surface area contributed by atoms with Crippen molar-refractivity contribution >= 4 is 51.7 Å². The molecule has 0 radical (unpaired) electrons. The topological polar surface area (TPSA) is 83.4 Å². The zero-order valence-corrected chi connectivity index (χ0v) is 22.8. The summed E-state index contributed by atoms with van der Waals surface area (Å²) in [6, 6.07) is 21.0. The Bertz CT molecular complexity index is 1420. The Labute approximate surface area is 230 Å². The zero-order chi connectivity index (χ0) is 26.8. The molecule has 3 aromatic rings. The van der Waals surface area contributed by atoms with E-state index in [0.717, 1.165) is 39.4 Å². The van der Waals surface area contributed by atoms with Crippen LogP contribution in [0.3, 0.4) is 0 Å². The average molecular weight is 547 g/mol. The highest BCUT2D eigenvalue weighted by atomic mass is 35.5.